The van der Waals surface area contributed by atoms with Crippen LogP contribution in [0, 0.1) is 11.6 Å². The molecule has 3 rings (SSSR count). The van der Waals surface area contributed by atoms with Crippen molar-refractivity contribution >= 4 is 11.6 Å². The third-order valence-electron chi connectivity index (χ3n) is 3.29. The quantitative estimate of drug-likeness (QED) is 0.756. The summed E-state index contributed by atoms with van der Waals surface area (Å²) in [5.74, 6) is -0.151. The number of benzene rings is 2. The number of hydrogen-bond donors (Lipinski definition) is 2. The highest BCUT2D eigenvalue weighted by Crippen LogP contribution is 2.10. The Balaban J connectivity index is 1.59. The molecule has 0 saturated carbocycles. The van der Waals surface area contributed by atoms with Crippen molar-refractivity contribution in [3.05, 3.63) is 77.4 Å². The second kappa shape index (κ2) is 6.99. The van der Waals surface area contributed by atoms with Gasteiger partial charge in [0.15, 0.2) is 5.82 Å². The number of aromatic nitrogens is 3. The number of aromatic amines is 1. The number of nitrogens with zero attached hydrogens (tertiary/aromatic N) is 2. The van der Waals surface area contributed by atoms with E-state index in [0.29, 0.717) is 23.8 Å². The van der Waals surface area contributed by atoms with Crippen LogP contribution in [0.5, 0.6) is 0 Å². The molecule has 7 heteroatoms. The van der Waals surface area contributed by atoms with Crippen molar-refractivity contribution in [3.8, 4) is 0 Å². The van der Waals surface area contributed by atoms with E-state index in [9.17, 15) is 13.6 Å². The fraction of sp³-hybridized carbons (Fsp3) is 0.118. The summed E-state index contributed by atoms with van der Waals surface area (Å²) in [6, 6.07) is 11.7. The standard InChI is InChI=1S/C17H14F2N4O/c18-12-6-4-11(5-7-12)8-15-21-16(23-22-15)10-17(24)20-14-3-1-2-13(19)9-14/h1-7,9H,8,10H2,(H,20,24)(H,21,22,23). The first kappa shape index (κ1) is 15.8. The highest BCUT2D eigenvalue weighted by Gasteiger charge is 2.10. The van der Waals surface area contributed by atoms with Gasteiger partial charge in [-0.2, -0.15) is 5.10 Å². The highest BCUT2D eigenvalue weighted by molar-refractivity contribution is 5.91. The number of rotatable bonds is 5. The zero-order valence-electron chi connectivity index (χ0n) is 12.6. The number of halogens is 2. The fourth-order valence-corrected chi connectivity index (χ4v) is 2.20. The summed E-state index contributed by atoms with van der Waals surface area (Å²) >= 11 is 0. The molecule has 0 radical (unpaired) electrons. The fourth-order valence-electron chi connectivity index (χ4n) is 2.20. The van der Waals surface area contributed by atoms with Gasteiger partial charge >= 0.3 is 0 Å². The van der Waals surface area contributed by atoms with E-state index >= 15 is 0 Å². The molecule has 0 bridgehead atoms. The molecule has 0 aliphatic rings. The maximum Gasteiger partial charge on any atom is 0.232 e. The molecule has 0 atom stereocenters. The van der Waals surface area contributed by atoms with E-state index in [-0.39, 0.29) is 18.1 Å². The van der Waals surface area contributed by atoms with E-state index in [0.717, 1.165) is 5.56 Å². The molecule has 0 aliphatic heterocycles. The van der Waals surface area contributed by atoms with Crippen molar-refractivity contribution in [2.24, 2.45) is 0 Å². The molecule has 2 aromatic carbocycles. The lowest BCUT2D eigenvalue weighted by Crippen LogP contribution is -2.15. The molecule has 0 unspecified atom stereocenters. The Kier molecular flexibility index (Phi) is 4.60. The lowest BCUT2D eigenvalue weighted by molar-refractivity contribution is -0.115. The van der Waals surface area contributed by atoms with E-state index < -0.39 is 5.82 Å². The number of amides is 1. The van der Waals surface area contributed by atoms with E-state index in [4.69, 9.17) is 0 Å². The average Bonchev–Trinajstić information content (AvgIpc) is 2.96. The van der Waals surface area contributed by atoms with Crippen LogP contribution in [-0.2, 0) is 17.6 Å². The minimum absolute atomic E-state index is 0.0313. The Morgan fingerprint density at radius 2 is 1.88 bits per heavy atom. The number of H-pyrrole nitrogens is 1. The second-order valence-corrected chi connectivity index (χ2v) is 5.24. The second-order valence-electron chi connectivity index (χ2n) is 5.24. The van der Waals surface area contributed by atoms with Gasteiger partial charge < -0.3 is 5.32 Å². The van der Waals surface area contributed by atoms with Crippen molar-refractivity contribution in [2.45, 2.75) is 12.8 Å². The van der Waals surface area contributed by atoms with Gasteiger partial charge in [-0.05, 0) is 35.9 Å². The number of carbonyl (C=O) groups excluding carboxylic acids is 1. The monoisotopic (exact) mass is 328 g/mol. The maximum absolute atomic E-state index is 13.1. The van der Waals surface area contributed by atoms with Crippen LogP contribution in [-0.4, -0.2) is 21.1 Å². The molecular formula is C17H14F2N4O. The van der Waals surface area contributed by atoms with Crippen LogP contribution in [0.1, 0.15) is 17.2 Å². The van der Waals surface area contributed by atoms with Gasteiger partial charge in [0.1, 0.15) is 17.5 Å². The average molecular weight is 328 g/mol. The van der Waals surface area contributed by atoms with Crippen LogP contribution in [0.15, 0.2) is 48.5 Å². The molecule has 0 saturated heterocycles. The highest BCUT2D eigenvalue weighted by atomic mass is 19.1. The summed E-state index contributed by atoms with van der Waals surface area (Å²) in [5, 5.41) is 9.32. The van der Waals surface area contributed by atoms with Gasteiger partial charge in [-0.1, -0.05) is 18.2 Å². The van der Waals surface area contributed by atoms with E-state index in [2.05, 4.69) is 20.5 Å². The lowest BCUT2D eigenvalue weighted by Gasteiger charge is -2.03. The Morgan fingerprint density at radius 3 is 2.62 bits per heavy atom. The van der Waals surface area contributed by atoms with Gasteiger partial charge in [0.2, 0.25) is 5.91 Å². The zero-order valence-corrected chi connectivity index (χ0v) is 12.6. The summed E-state index contributed by atoms with van der Waals surface area (Å²) in [5.41, 5.74) is 1.25. The van der Waals surface area contributed by atoms with E-state index in [1.54, 1.807) is 18.2 Å². The number of anilines is 1. The largest absolute Gasteiger partial charge is 0.326 e. The first-order chi connectivity index (χ1) is 11.6. The summed E-state index contributed by atoms with van der Waals surface area (Å²) in [7, 11) is 0. The molecular weight excluding hydrogens is 314 g/mol. The van der Waals surface area contributed by atoms with Gasteiger partial charge in [0.05, 0.1) is 6.42 Å². The van der Waals surface area contributed by atoms with Gasteiger partial charge in [-0.15, -0.1) is 0 Å². The molecule has 0 fully saturated rings. The summed E-state index contributed by atoms with van der Waals surface area (Å²) in [4.78, 5) is 16.2. The van der Waals surface area contributed by atoms with Crippen molar-refractivity contribution in [2.75, 3.05) is 5.32 Å². The Morgan fingerprint density at radius 1 is 1.08 bits per heavy atom. The third kappa shape index (κ3) is 4.22. The van der Waals surface area contributed by atoms with Crippen LogP contribution in [0.2, 0.25) is 0 Å². The maximum atomic E-state index is 13.1. The smallest absolute Gasteiger partial charge is 0.232 e. The molecule has 1 aromatic heterocycles. The Hall–Kier alpha value is -3.09. The first-order valence-electron chi connectivity index (χ1n) is 7.28. The van der Waals surface area contributed by atoms with Crippen LogP contribution in [0.4, 0.5) is 14.5 Å². The van der Waals surface area contributed by atoms with Crippen molar-refractivity contribution in [3.63, 3.8) is 0 Å². The van der Waals surface area contributed by atoms with E-state index in [1.165, 1.54) is 30.3 Å². The van der Waals surface area contributed by atoms with Gasteiger partial charge in [0.25, 0.3) is 0 Å². The molecule has 0 aliphatic carbocycles. The topological polar surface area (TPSA) is 70.7 Å². The number of hydrogen-bond acceptors (Lipinski definition) is 3. The predicted octanol–water partition coefficient (Wildman–Crippen LogP) is 2.85. The molecule has 3 aromatic rings. The first-order valence-corrected chi connectivity index (χ1v) is 7.28. The third-order valence-corrected chi connectivity index (χ3v) is 3.29. The zero-order chi connectivity index (χ0) is 16.9. The molecule has 5 nitrogen and oxygen atoms in total. The SMILES string of the molecule is O=C(Cc1n[nH]c(Cc2ccc(F)cc2)n1)Nc1cccc(F)c1. The Bertz CT molecular complexity index is 846. The van der Waals surface area contributed by atoms with Gasteiger partial charge in [-0.25, -0.2) is 13.8 Å². The molecule has 1 heterocycles. The van der Waals surface area contributed by atoms with Gasteiger partial charge in [0, 0.05) is 12.1 Å². The lowest BCUT2D eigenvalue weighted by atomic mass is 10.1. The van der Waals surface area contributed by atoms with Crippen LogP contribution in [0.25, 0.3) is 0 Å². The molecule has 122 valence electrons. The van der Waals surface area contributed by atoms with Crippen LogP contribution in [0.3, 0.4) is 0 Å². The molecule has 1 amide bonds. The Labute approximate surface area is 136 Å². The molecule has 24 heavy (non-hydrogen) atoms. The van der Waals surface area contributed by atoms with Crippen molar-refractivity contribution in [1.29, 1.82) is 0 Å². The van der Waals surface area contributed by atoms with Crippen molar-refractivity contribution < 1.29 is 13.6 Å². The number of nitrogens with one attached hydrogen (secondary N) is 2. The minimum atomic E-state index is -0.424. The van der Waals surface area contributed by atoms with Crippen LogP contribution < -0.4 is 5.32 Å². The van der Waals surface area contributed by atoms with Crippen molar-refractivity contribution in [1.82, 2.24) is 15.2 Å². The van der Waals surface area contributed by atoms with Gasteiger partial charge in [-0.3, -0.25) is 9.89 Å². The number of carbonyl (C=O) groups is 1. The normalized spacial score (nSPS) is 10.6. The predicted molar refractivity (Wildman–Crippen MR) is 84.3 cm³/mol. The minimum Gasteiger partial charge on any atom is -0.326 e. The molecule has 2 N–H and O–H groups in total. The summed E-state index contributed by atoms with van der Waals surface area (Å²) < 4.78 is 25.9. The van der Waals surface area contributed by atoms with E-state index in [1.807, 2.05) is 0 Å². The summed E-state index contributed by atoms with van der Waals surface area (Å²) in [6.07, 6.45) is 0.426. The van der Waals surface area contributed by atoms with Crippen LogP contribution >= 0.6 is 0 Å². The summed E-state index contributed by atoms with van der Waals surface area (Å²) in [6.45, 7) is 0. The molecule has 0 spiro atoms.